The Balaban J connectivity index is 4.66. The maximum atomic E-state index is 8.74. The molecule has 16 heteroatoms. The van der Waals surface area contributed by atoms with E-state index in [1.165, 1.54) is 32.5 Å². The number of hydrogen-bond donors (Lipinski definition) is 0. The summed E-state index contributed by atoms with van der Waals surface area (Å²) in [6.45, 7) is 63.1. The van der Waals surface area contributed by atoms with Crippen molar-refractivity contribution >= 4 is 141 Å². The quantitative estimate of drug-likeness (QED) is 0.144. The first-order valence-electron chi connectivity index (χ1n) is 19.3. The Morgan fingerprint density at radius 1 is 0.208 bits per heavy atom. The van der Waals surface area contributed by atoms with E-state index in [0.29, 0.717) is 0 Å². The van der Waals surface area contributed by atoms with Gasteiger partial charge < -0.3 is 0 Å². The predicted molar refractivity (Wildman–Crippen MR) is 253 cm³/mol. The van der Waals surface area contributed by atoms with Crippen LogP contribution in [0.2, 0.25) is 190 Å². The standard InChI is InChI=1S/8C4H11Si.4O.4Sn/c8*1-5(2,3)4;;;;;;;;/h8*1H2,2-4H3;;;;;;;;. The van der Waals surface area contributed by atoms with Crippen LogP contribution < -0.4 is 0 Å². The van der Waals surface area contributed by atoms with E-state index < -0.39 is 141 Å². The van der Waals surface area contributed by atoms with Crippen LogP contribution in [0.25, 0.3) is 0 Å². The summed E-state index contributed by atoms with van der Waals surface area (Å²) in [5, 5.41) is 0. The van der Waals surface area contributed by atoms with E-state index in [-0.39, 0.29) is 0 Å². The molecule has 48 heavy (non-hydrogen) atoms. The van der Waals surface area contributed by atoms with Crippen molar-refractivity contribution in [3.63, 3.8) is 0 Å². The molecule has 1 heterocycles. The zero-order valence-corrected chi connectivity index (χ0v) is 56.7. The second-order valence-electron chi connectivity index (χ2n) is 26.0. The molecule has 0 spiro atoms. The average Bonchev–Trinajstić information content (AvgIpc) is 2.52. The molecule has 0 radical (unpaired) electrons. The number of hydrogen-bond acceptors (Lipinski definition) is 4. The molecule has 1 aliphatic rings. The molecule has 1 aliphatic heterocycles. The van der Waals surface area contributed by atoms with Gasteiger partial charge in [0.1, 0.15) is 0 Å². The zero-order chi connectivity index (χ0) is 38.5. The summed E-state index contributed by atoms with van der Waals surface area (Å²) >= 11 is -15.2. The van der Waals surface area contributed by atoms with Crippen molar-refractivity contribution in [2.45, 2.75) is 190 Å². The van der Waals surface area contributed by atoms with Crippen molar-refractivity contribution in [2.75, 3.05) is 0 Å². The Hall–Kier alpha value is 4.77. The Labute approximate surface area is 331 Å². The summed E-state index contributed by atoms with van der Waals surface area (Å²) in [6.07, 6.45) is 0. The van der Waals surface area contributed by atoms with Gasteiger partial charge in [-0.1, -0.05) is 0 Å². The summed E-state index contributed by atoms with van der Waals surface area (Å²) in [7, 11) is -12.2. The first kappa shape index (κ1) is 50.8. The summed E-state index contributed by atoms with van der Waals surface area (Å²) < 4.78 is 45.5. The molecule has 0 aliphatic carbocycles. The van der Waals surface area contributed by atoms with Crippen LogP contribution in [0.4, 0.5) is 0 Å². The minimum absolute atomic E-state index is 1.31. The second kappa shape index (κ2) is 16.9. The molecule has 4 nitrogen and oxygen atoms in total. The third-order valence-electron chi connectivity index (χ3n) is 7.89. The molecule has 0 saturated carbocycles. The van der Waals surface area contributed by atoms with Crippen molar-refractivity contribution in [2.24, 2.45) is 0 Å². The van der Waals surface area contributed by atoms with E-state index in [0.717, 1.165) is 0 Å². The molecule has 1 saturated heterocycles. The van der Waals surface area contributed by atoms with Crippen molar-refractivity contribution in [1.29, 1.82) is 0 Å². The third kappa shape index (κ3) is 21.3. The van der Waals surface area contributed by atoms with Crippen LogP contribution in [0.15, 0.2) is 0 Å². The van der Waals surface area contributed by atoms with Crippen LogP contribution in [-0.4, -0.2) is 141 Å². The van der Waals surface area contributed by atoms with Crippen LogP contribution in [0.5, 0.6) is 0 Å². The monoisotopic (exact) mass is 1240 g/mol. The van der Waals surface area contributed by atoms with E-state index in [1.807, 2.05) is 0 Å². The fourth-order valence-electron chi connectivity index (χ4n) is 8.73. The van der Waals surface area contributed by atoms with Gasteiger partial charge in [-0.25, -0.2) is 0 Å². The van der Waals surface area contributed by atoms with E-state index in [9.17, 15) is 0 Å². The van der Waals surface area contributed by atoms with Gasteiger partial charge in [0.25, 0.3) is 0 Å². The molecule has 288 valence electrons. The van der Waals surface area contributed by atoms with E-state index in [1.54, 1.807) is 0 Å². The Bertz CT molecular complexity index is 810. The van der Waals surface area contributed by atoms with E-state index in [4.69, 9.17) is 5.65 Å². The third-order valence-corrected chi connectivity index (χ3v) is 196. The van der Waals surface area contributed by atoms with Gasteiger partial charge in [-0.05, 0) is 0 Å². The molecule has 0 aromatic heterocycles. The first-order valence-corrected chi connectivity index (χ1v) is 74.4. The molecule has 1 fully saturated rings. The van der Waals surface area contributed by atoms with Crippen LogP contribution in [-0.2, 0) is 5.65 Å². The van der Waals surface area contributed by atoms with Crippen molar-refractivity contribution < 1.29 is 5.65 Å². The van der Waals surface area contributed by atoms with Gasteiger partial charge in [0, 0.05) is 0 Å². The fraction of sp³-hybridized carbons (Fsp3) is 1.00. The number of rotatable bonds is 16. The first-order chi connectivity index (χ1) is 20.5. The normalized spacial score (nSPS) is 21.5. The Morgan fingerprint density at radius 3 is 0.354 bits per heavy atom. The van der Waals surface area contributed by atoms with Gasteiger partial charge in [0.15, 0.2) is 0 Å². The summed E-state index contributed by atoms with van der Waals surface area (Å²) in [5.74, 6) is 0. The molecule has 0 amide bonds. The topological polar surface area (TPSA) is 36.9 Å². The van der Waals surface area contributed by atoms with Gasteiger partial charge in [-0.2, -0.15) is 0 Å². The van der Waals surface area contributed by atoms with Gasteiger partial charge in [-0.15, -0.1) is 0 Å². The molecule has 0 atom stereocenters. The van der Waals surface area contributed by atoms with E-state index >= 15 is 0 Å². The molecule has 0 bridgehead atoms. The van der Waals surface area contributed by atoms with Crippen molar-refractivity contribution in [3.8, 4) is 0 Å². The second-order valence-corrected chi connectivity index (χ2v) is 133. The molecular formula is C32H88O4Si8Sn4. The van der Waals surface area contributed by atoms with Crippen LogP contribution >= 0.6 is 0 Å². The fourth-order valence-corrected chi connectivity index (χ4v) is 309. The molecule has 0 aromatic rings. The van der Waals surface area contributed by atoms with Gasteiger partial charge in [-0.3, -0.25) is 0 Å². The summed E-state index contributed by atoms with van der Waals surface area (Å²) in [4.78, 5) is 0. The minimum atomic E-state index is -3.79. The average molecular weight is 1240 g/mol. The Morgan fingerprint density at radius 2 is 0.292 bits per heavy atom. The molecule has 0 unspecified atom stereocenters. The van der Waals surface area contributed by atoms with E-state index in [2.05, 4.69) is 157 Å². The van der Waals surface area contributed by atoms with Gasteiger partial charge >= 0.3 is 337 Å². The SMILES string of the molecule is C[Si](C)(C)[CH2][Sn]1([CH2][Si](C)(C)C)[O][Sn]([CH2][Si](C)(C)C)([CH2][Si](C)(C)C)[O][Sn]([CH2][Si](C)(C)C)([CH2][Si](C)(C)C)[O][Sn]([CH2][Si](C)(C)C)([CH2][Si](C)(C)C)[O]1. The van der Waals surface area contributed by atoms with Gasteiger partial charge in [0.2, 0.25) is 0 Å². The van der Waals surface area contributed by atoms with Crippen LogP contribution in [0, 0.1) is 0 Å². The maximum absolute atomic E-state index is 8.74. The van der Waals surface area contributed by atoms with Crippen molar-refractivity contribution in [3.05, 3.63) is 0 Å². The van der Waals surface area contributed by atoms with Crippen molar-refractivity contribution in [1.82, 2.24) is 0 Å². The molecular weight excluding hydrogens is 1150 g/mol. The van der Waals surface area contributed by atoms with Gasteiger partial charge in [0.05, 0.1) is 0 Å². The molecule has 0 N–H and O–H groups in total. The zero-order valence-electron chi connectivity index (χ0n) is 37.3. The molecule has 1 rings (SSSR count). The van der Waals surface area contributed by atoms with Crippen LogP contribution in [0.1, 0.15) is 0 Å². The summed E-state index contributed by atoms with van der Waals surface area (Å²) in [6, 6.07) is 0. The Kier molecular flexibility index (Phi) is 17.9. The predicted octanol–water partition coefficient (Wildman–Crippen LogP) is 12.9. The van der Waals surface area contributed by atoms with Crippen LogP contribution in [0.3, 0.4) is 0 Å². The summed E-state index contributed by atoms with van der Waals surface area (Å²) in [5.41, 5.74) is 0. The molecule has 0 aromatic carbocycles.